The normalized spacial score (nSPS) is 10.4. The van der Waals surface area contributed by atoms with Crippen LogP contribution in [0.5, 0.6) is 11.8 Å². The first-order chi connectivity index (χ1) is 7.19. The highest BCUT2D eigenvalue weighted by Gasteiger charge is 2.14. The van der Waals surface area contributed by atoms with Crippen LogP contribution in [-0.4, -0.2) is 19.9 Å². The summed E-state index contributed by atoms with van der Waals surface area (Å²) >= 11 is 0. The van der Waals surface area contributed by atoms with Crippen molar-refractivity contribution in [1.82, 2.24) is 4.57 Å². The molecule has 0 aliphatic heterocycles. The van der Waals surface area contributed by atoms with Gasteiger partial charge in [-0.2, -0.15) is 5.26 Å². The third kappa shape index (κ3) is 1.20. The van der Waals surface area contributed by atoms with E-state index in [1.54, 1.807) is 0 Å². The van der Waals surface area contributed by atoms with Gasteiger partial charge in [0.2, 0.25) is 11.8 Å². The first-order valence-electron chi connectivity index (χ1n) is 4.24. The second kappa shape index (κ2) is 3.19. The SMILES string of the molecule is N#Cc1ccc2c(O)n(CO)c(O)c2c1. The summed E-state index contributed by atoms with van der Waals surface area (Å²) in [6.45, 7) is -0.520. The van der Waals surface area contributed by atoms with E-state index in [1.807, 2.05) is 6.07 Å². The maximum absolute atomic E-state index is 9.62. The maximum atomic E-state index is 9.62. The molecule has 15 heavy (non-hydrogen) atoms. The average Bonchev–Trinajstić information content (AvgIpc) is 2.51. The molecule has 5 nitrogen and oxygen atoms in total. The van der Waals surface area contributed by atoms with Crippen molar-refractivity contribution in [2.45, 2.75) is 6.73 Å². The maximum Gasteiger partial charge on any atom is 0.204 e. The first-order valence-corrected chi connectivity index (χ1v) is 4.24. The first kappa shape index (κ1) is 9.37. The van der Waals surface area contributed by atoms with Gasteiger partial charge in [-0.15, -0.1) is 0 Å². The zero-order valence-electron chi connectivity index (χ0n) is 7.68. The highest BCUT2D eigenvalue weighted by atomic mass is 16.3. The average molecular weight is 204 g/mol. The number of aromatic nitrogens is 1. The second-order valence-corrected chi connectivity index (χ2v) is 3.09. The number of nitriles is 1. The van der Waals surface area contributed by atoms with Gasteiger partial charge in [-0.1, -0.05) is 0 Å². The Balaban J connectivity index is 2.85. The van der Waals surface area contributed by atoms with Gasteiger partial charge in [0.05, 0.1) is 11.6 Å². The van der Waals surface area contributed by atoms with Crippen molar-refractivity contribution in [3.05, 3.63) is 23.8 Å². The summed E-state index contributed by atoms with van der Waals surface area (Å²) in [6.07, 6.45) is 0. The Kier molecular flexibility index (Phi) is 1.99. The monoisotopic (exact) mass is 204 g/mol. The van der Waals surface area contributed by atoms with Crippen LogP contribution in [0.15, 0.2) is 18.2 Å². The Labute approximate surface area is 85.0 Å². The van der Waals surface area contributed by atoms with Crippen molar-refractivity contribution in [1.29, 1.82) is 5.26 Å². The molecular weight excluding hydrogens is 196 g/mol. The van der Waals surface area contributed by atoms with Gasteiger partial charge in [-0.25, -0.2) is 0 Å². The van der Waals surface area contributed by atoms with Gasteiger partial charge in [0.25, 0.3) is 0 Å². The molecule has 76 valence electrons. The summed E-state index contributed by atoms with van der Waals surface area (Å²) in [5.41, 5.74) is 0.382. The van der Waals surface area contributed by atoms with Gasteiger partial charge >= 0.3 is 0 Å². The van der Waals surface area contributed by atoms with Crippen LogP contribution in [0.3, 0.4) is 0 Å². The molecular formula is C10H8N2O3. The molecule has 5 heteroatoms. The molecule has 0 atom stereocenters. The fourth-order valence-electron chi connectivity index (χ4n) is 1.52. The van der Waals surface area contributed by atoms with E-state index >= 15 is 0 Å². The number of fused-ring (bicyclic) bond motifs is 1. The van der Waals surface area contributed by atoms with Crippen molar-refractivity contribution in [3.63, 3.8) is 0 Å². The number of aliphatic hydroxyl groups excluding tert-OH is 1. The molecule has 0 amide bonds. The molecule has 1 heterocycles. The standard InChI is InChI=1S/C10H8N2O3/c11-4-6-1-2-7-8(3-6)10(15)12(5-13)9(7)14/h1-3,13-15H,5H2. The lowest BCUT2D eigenvalue weighted by atomic mass is 10.1. The fraction of sp³-hybridized carbons (Fsp3) is 0.100. The Bertz CT molecular complexity index is 566. The number of aromatic hydroxyl groups is 2. The van der Waals surface area contributed by atoms with Crippen molar-refractivity contribution in [3.8, 4) is 17.8 Å². The van der Waals surface area contributed by atoms with Gasteiger partial charge in [-0.3, -0.25) is 4.57 Å². The van der Waals surface area contributed by atoms with Crippen molar-refractivity contribution in [2.24, 2.45) is 0 Å². The van der Waals surface area contributed by atoms with Crippen LogP contribution in [-0.2, 0) is 6.73 Å². The van der Waals surface area contributed by atoms with Crippen LogP contribution in [0.1, 0.15) is 5.56 Å². The van der Waals surface area contributed by atoms with E-state index in [0.29, 0.717) is 16.3 Å². The molecule has 2 rings (SSSR count). The van der Waals surface area contributed by atoms with E-state index in [-0.39, 0.29) is 11.8 Å². The summed E-state index contributed by atoms with van der Waals surface area (Å²) in [6, 6.07) is 6.44. The summed E-state index contributed by atoms with van der Waals surface area (Å²) < 4.78 is 0.950. The Morgan fingerprint density at radius 1 is 1.20 bits per heavy atom. The number of benzene rings is 1. The van der Waals surface area contributed by atoms with Crippen LogP contribution in [0.25, 0.3) is 10.8 Å². The third-order valence-electron chi connectivity index (χ3n) is 2.28. The van der Waals surface area contributed by atoms with Crippen LogP contribution in [0.4, 0.5) is 0 Å². The van der Waals surface area contributed by atoms with Crippen molar-refractivity contribution >= 4 is 10.8 Å². The van der Waals surface area contributed by atoms with Crippen LogP contribution in [0.2, 0.25) is 0 Å². The highest BCUT2D eigenvalue weighted by Crippen LogP contribution is 2.36. The predicted octanol–water partition coefficient (Wildman–Crippen LogP) is 0.874. The van der Waals surface area contributed by atoms with E-state index in [9.17, 15) is 10.2 Å². The topological polar surface area (TPSA) is 89.4 Å². The van der Waals surface area contributed by atoms with Crippen LogP contribution < -0.4 is 0 Å². The quantitative estimate of drug-likeness (QED) is 0.643. The van der Waals surface area contributed by atoms with Gasteiger partial charge in [0.1, 0.15) is 6.73 Å². The molecule has 0 saturated heterocycles. The van der Waals surface area contributed by atoms with Crippen molar-refractivity contribution < 1.29 is 15.3 Å². The smallest absolute Gasteiger partial charge is 0.204 e. The van der Waals surface area contributed by atoms with E-state index in [4.69, 9.17) is 10.4 Å². The summed E-state index contributed by atoms with van der Waals surface area (Å²) in [4.78, 5) is 0. The van der Waals surface area contributed by atoms with Gasteiger partial charge in [0, 0.05) is 10.8 Å². The van der Waals surface area contributed by atoms with Crippen LogP contribution in [0, 0.1) is 11.3 Å². The molecule has 0 radical (unpaired) electrons. The molecule has 1 aromatic heterocycles. The highest BCUT2D eigenvalue weighted by molar-refractivity contribution is 5.93. The summed E-state index contributed by atoms with van der Waals surface area (Å²) in [5, 5.41) is 37.5. The van der Waals surface area contributed by atoms with E-state index < -0.39 is 6.73 Å². The number of nitrogens with zero attached hydrogens (tertiary/aromatic N) is 2. The minimum Gasteiger partial charge on any atom is -0.494 e. The lowest BCUT2D eigenvalue weighted by Crippen LogP contribution is -1.93. The third-order valence-corrected chi connectivity index (χ3v) is 2.28. The minimum absolute atomic E-state index is 0.213. The molecule has 0 bridgehead atoms. The zero-order valence-corrected chi connectivity index (χ0v) is 7.68. The van der Waals surface area contributed by atoms with Crippen LogP contribution >= 0.6 is 0 Å². The summed E-state index contributed by atoms with van der Waals surface area (Å²) in [5.74, 6) is -0.461. The molecule has 3 N–H and O–H groups in total. The number of aliphatic hydroxyl groups is 1. The minimum atomic E-state index is -0.520. The molecule has 0 unspecified atom stereocenters. The fourth-order valence-corrected chi connectivity index (χ4v) is 1.52. The second-order valence-electron chi connectivity index (χ2n) is 3.09. The molecule has 0 spiro atoms. The number of hydrogen-bond acceptors (Lipinski definition) is 4. The zero-order chi connectivity index (χ0) is 11.0. The van der Waals surface area contributed by atoms with E-state index in [1.165, 1.54) is 18.2 Å². The van der Waals surface area contributed by atoms with Gasteiger partial charge in [-0.05, 0) is 18.2 Å². The van der Waals surface area contributed by atoms with E-state index in [2.05, 4.69) is 0 Å². The molecule has 0 aliphatic rings. The Morgan fingerprint density at radius 3 is 2.47 bits per heavy atom. The number of hydrogen-bond donors (Lipinski definition) is 3. The molecule has 0 aliphatic carbocycles. The summed E-state index contributed by atoms with van der Waals surface area (Å²) in [7, 11) is 0. The molecule has 0 fully saturated rings. The Morgan fingerprint density at radius 2 is 1.87 bits per heavy atom. The Hall–Kier alpha value is -2.19. The molecule has 0 saturated carbocycles. The lowest BCUT2D eigenvalue weighted by molar-refractivity contribution is 0.184. The van der Waals surface area contributed by atoms with Crippen molar-refractivity contribution in [2.75, 3.05) is 0 Å². The molecule has 2 aromatic rings. The van der Waals surface area contributed by atoms with E-state index in [0.717, 1.165) is 4.57 Å². The number of rotatable bonds is 1. The van der Waals surface area contributed by atoms with Gasteiger partial charge < -0.3 is 15.3 Å². The molecule has 1 aromatic carbocycles. The van der Waals surface area contributed by atoms with Gasteiger partial charge in [0.15, 0.2) is 0 Å². The predicted molar refractivity (Wildman–Crippen MR) is 52.2 cm³/mol. The largest absolute Gasteiger partial charge is 0.494 e. The lowest BCUT2D eigenvalue weighted by Gasteiger charge is -1.99.